The number of hydrogen-bond donors (Lipinski definition) is 1. The maximum Gasteiger partial charge on any atom is 0.416 e. The van der Waals surface area contributed by atoms with Gasteiger partial charge < -0.3 is 14.6 Å². The molecule has 1 unspecified atom stereocenters. The van der Waals surface area contributed by atoms with E-state index in [2.05, 4.69) is 15.3 Å². The van der Waals surface area contributed by atoms with Crippen molar-refractivity contribution in [3.05, 3.63) is 59.7 Å². The molecule has 2 aromatic heterocycles. The Morgan fingerprint density at radius 1 is 1.27 bits per heavy atom. The van der Waals surface area contributed by atoms with Gasteiger partial charge in [-0.05, 0) is 29.8 Å². The molecule has 5 nitrogen and oxygen atoms in total. The molecule has 0 fully saturated rings. The minimum absolute atomic E-state index is 0.0304. The third-order valence-corrected chi connectivity index (χ3v) is 4.43. The summed E-state index contributed by atoms with van der Waals surface area (Å²) < 4.78 is 46.3. The molecule has 8 heteroatoms. The van der Waals surface area contributed by atoms with E-state index in [4.69, 9.17) is 4.74 Å². The van der Waals surface area contributed by atoms with Crippen molar-refractivity contribution in [1.82, 2.24) is 19.9 Å². The molecular formula is C18H17F3N4O. The van der Waals surface area contributed by atoms with E-state index in [1.807, 2.05) is 16.7 Å². The van der Waals surface area contributed by atoms with Gasteiger partial charge >= 0.3 is 6.18 Å². The molecule has 0 amide bonds. The van der Waals surface area contributed by atoms with Crippen molar-refractivity contribution in [3.63, 3.8) is 0 Å². The minimum Gasteiger partial charge on any atom is -0.371 e. The molecule has 0 aliphatic carbocycles. The van der Waals surface area contributed by atoms with Crippen molar-refractivity contribution >= 4 is 11.0 Å². The lowest BCUT2D eigenvalue weighted by molar-refractivity contribution is -0.137. The van der Waals surface area contributed by atoms with Gasteiger partial charge in [-0.2, -0.15) is 13.2 Å². The van der Waals surface area contributed by atoms with Gasteiger partial charge in [-0.25, -0.2) is 4.98 Å². The van der Waals surface area contributed by atoms with Gasteiger partial charge in [-0.15, -0.1) is 0 Å². The number of rotatable bonds is 4. The number of benzene rings is 1. The Morgan fingerprint density at radius 3 is 2.92 bits per heavy atom. The second kappa shape index (κ2) is 6.69. The quantitative estimate of drug-likeness (QED) is 0.774. The average Bonchev–Trinajstić information content (AvgIpc) is 3.00. The predicted molar refractivity (Wildman–Crippen MR) is 89.4 cm³/mol. The Hall–Kier alpha value is -2.45. The first-order chi connectivity index (χ1) is 12.5. The Morgan fingerprint density at radius 2 is 2.15 bits per heavy atom. The Balaban J connectivity index is 1.57. The number of fused-ring (bicyclic) bond motifs is 3. The zero-order valence-corrected chi connectivity index (χ0v) is 13.8. The molecule has 0 saturated heterocycles. The summed E-state index contributed by atoms with van der Waals surface area (Å²) >= 11 is 0. The fraction of sp³-hybridized carbons (Fsp3) is 0.333. The molecule has 26 heavy (non-hydrogen) atoms. The highest BCUT2D eigenvalue weighted by atomic mass is 19.4. The minimum atomic E-state index is -4.38. The molecule has 1 aromatic carbocycles. The standard InChI is InChI=1S/C18H17F3N4O/c19-18(20,21)13-3-4-16-15(6-13)24-17-11-26-10-14(25(16)17)9-23-8-12-2-1-5-22-7-12/h1-7,14,23H,8-11H2. The van der Waals surface area contributed by atoms with E-state index in [9.17, 15) is 13.2 Å². The SMILES string of the molecule is FC(F)(F)c1ccc2c(c1)nc1n2C(CNCc2cccnc2)COC1. The van der Waals surface area contributed by atoms with Crippen LogP contribution in [0.2, 0.25) is 0 Å². The molecule has 3 heterocycles. The Kier molecular flexibility index (Phi) is 4.37. The summed E-state index contributed by atoms with van der Waals surface area (Å²) in [6.07, 6.45) is -0.863. The molecular weight excluding hydrogens is 345 g/mol. The average molecular weight is 362 g/mol. The van der Waals surface area contributed by atoms with Crippen LogP contribution in [0.15, 0.2) is 42.7 Å². The van der Waals surface area contributed by atoms with Crippen LogP contribution in [0.5, 0.6) is 0 Å². The van der Waals surface area contributed by atoms with Crippen LogP contribution in [0.1, 0.15) is 23.0 Å². The first-order valence-electron chi connectivity index (χ1n) is 8.28. The molecule has 136 valence electrons. The molecule has 0 bridgehead atoms. The summed E-state index contributed by atoms with van der Waals surface area (Å²) in [5.74, 6) is 0.652. The highest BCUT2D eigenvalue weighted by Gasteiger charge is 2.32. The van der Waals surface area contributed by atoms with Crippen molar-refractivity contribution in [2.45, 2.75) is 25.4 Å². The number of aromatic nitrogens is 3. The molecule has 1 atom stereocenters. The summed E-state index contributed by atoms with van der Waals surface area (Å²) in [7, 11) is 0. The van der Waals surface area contributed by atoms with Crippen LogP contribution >= 0.6 is 0 Å². The van der Waals surface area contributed by atoms with Crippen LogP contribution in [-0.2, 0) is 24.1 Å². The van der Waals surface area contributed by atoms with Gasteiger partial charge in [-0.1, -0.05) is 6.07 Å². The van der Waals surface area contributed by atoms with Gasteiger partial charge in [0, 0.05) is 25.5 Å². The summed E-state index contributed by atoms with van der Waals surface area (Å²) in [5, 5.41) is 3.35. The second-order valence-electron chi connectivity index (χ2n) is 6.26. The molecule has 3 aromatic rings. The number of alkyl halides is 3. The number of nitrogens with zero attached hydrogens (tertiary/aromatic N) is 3. The molecule has 0 radical (unpaired) electrons. The highest BCUT2D eigenvalue weighted by molar-refractivity contribution is 5.77. The lowest BCUT2D eigenvalue weighted by Gasteiger charge is -2.26. The van der Waals surface area contributed by atoms with E-state index in [0.717, 1.165) is 17.7 Å². The maximum absolute atomic E-state index is 12.9. The highest BCUT2D eigenvalue weighted by Crippen LogP contribution is 2.33. The van der Waals surface area contributed by atoms with Gasteiger partial charge in [0.25, 0.3) is 0 Å². The third-order valence-electron chi connectivity index (χ3n) is 4.43. The molecule has 0 spiro atoms. The van der Waals surface area contributed by atoms with Crippen molar-refractivity contribution in [2.75, 3.05) is 13.2 Å². The largest absolute Gasteiger partial charge is 0.416 e. The number of ether oxygens (including phenoxy) is 1. The first kappa shape index (κ1) is 17.0. The van der Waals surface area contributed by atoms with Crippen molar-refractivity contribution in [3.8, 4) is 0 Å². The monoisotopic (exact) mass is 362 g/mol. The van der Waals surface area contributed by atoms with Crippen molar-refractivity contribution < 1.29 is 17.9 Å². The Labute approximate surface area is 147 Å². The maximum atomic E-state index is 12.9. The van der Waals surface area contributed by atoms with Gasteiger partial charge in [0.05, 0.1) is 29.2 Å². The van der Waals surface area contributed by atoms with Gasteiger partial charge in [0.1, 0.15) is 12.4 Å². The fourth-order valence-corrected chi connectivity index (χ4v) is 3.23. The number of hydrogen-bond acceptors (Lipinski definition) is 4. The summed E-state index contributed by atoms with van der Waals surface area (Å²) in [4.78, 5) is 8.42. The summed E-state index contributed by atoms with van der Waals surface area (Å²) in [5.41, 5.74) is 1.42. The first-order valence-corrected chi connectivity index (χ1v) is 8.28. The van der Waals surface area contributed by atoms with Crippen molar-refractivity contribution in [1.29, 1.82) is 0 Å². The molecule has 1 N–H and O–H groups in total. The smallest absolute Gasteiger partial charge is 0.371 e. The van der Waals surface area contributed by atoms with E-state index in [0.29, 0.717) is 43.2 Å². The number of nitrogens with one attached hydrogen (secondary N) is 1. The predicted octanol–water partition coefficient (Wildman–Crippen LogP) is 3.31. The van der Waals surface area contributed by atoms with Crippen molar-refractivity contribution in [2.24, 2.45) is 0 Å². The molecule has 4 rings (SSSR count). The summed E-state index contributed by atoms with van der Waals surface area (Å²) in [6, 6.07) is 7.52. The third kappa shape index (κ3) is 3.30. The van der Waals surface area contributed by atoms with Gasteiger partial charge in [-0.3, -0.25) is 4.98 Å². The van der Waals surface area contributed by atoms with Crippen LogP contribution in [0.4, 0.5) is 13.2 Å². The van der Waals surface area contributed by atoms with E-state index >= 15 is 0 Å². The molecule has 0 saturated carbocycles. The zero-order valence-electron chi connectivity index (χ0n) is 13.8. The molecule has 1 aliphatic heterocycles. The number of pyridine rings is 1. The van der Waals surface area contributed by atoms with E-state index in [-0.39, 0.29) is 6.04 Å². The normalized spacial score (nSPS) is 17.4. The van der Waals surface area contributed by atoms with Crippen LogP contribution in [0.25, 0.3) is 11.0 Å². The zero-order chi connectivity index (χ0) is 18.1. The summed E-state index contributed by atoms with van der Waals surface area (Å²) in [6.45, 7) is 2.06. The topological polar surface area (TPSA) is 52.0 Å². The number of halogens is 3. The fourth-order valence-electron chi connectivity index (χ4n) is 3.23. The van der Waals surface area contributed by atoms with E-state index < -0.39 is 11.7 Å². The lowest BCUT2D eigenvalue weighted by atomic mass is 10.2. The van der Waals surface area contributed by atoms with Crippen LogP contribution < -0.4 is 5.32 Å². The van der Waals surface area contributed by atoms with E-state index in [1.54, 1.807) is 12.4 Å². The second-order valence-corrected chi connectivity index (χ2v) is 6.26. The lowest BCUT2D eigenvalue weighted by Crippen LogP contribution is -2.32. The van der Waals surface area contributed by atoms with Gasteiger partial charge in [0.2, 0.25) is 0 Å². The van der Waals surface area contributed by atoms with Crippen LogP contribution in [0, 0.1) is 0 Å². The Bertz CT molecular complexity index is 908. The molecule has 1 aliphatic rings. The van der Waals surface area contributed by atoms with E-state index in [1.165, 1.54) is 6.07 Å². The number of imidazole rings is 1. The van der Waals surface area contributed by atoms with Crippen LogP contribution in [0.3, 0.4) is 0 Å². The van der Waals surface area contributed by atoms with Gasteiger partial charge in [0.15, 0.2) is 0 Å². The van der Waals surface area contributed by atoms with Crippen LogP contribution in [-0.4, -0.2) is 27.7 Å².